The number of hydrogen-bond donors (Lipinski definition) is 1. The molecule has 2 saturated heterocycles. The number of aliphatic hydroxyl groups excluding tert-OH is 1. The van der Waals surface area contributed by atoms with Crippen LogP contribution in [0.3, 0.4) is 0 Å². The van der Waals surface area contributed by atoms with E-state index in [1.807, 2.05) is 0 Å². The van der Waals surface area contributed by atoms with E-state index < -0.39 is 0 Å². The molecule has 0 amide bonds. The molecule has 0 aliphatic carbocycles. The van der Waals surface area contributed by atoms with Crippen molar-refractivity contribution in [3.05, 3.63) is 34.7 Å². The summed E-state index contributed by atoms with van der Waals surface area (Å²) in [4.78, 5) is 20.0. The molecule has 0 spiro atoms. The summed E-state index contributed by atoms with van der Waals surface area (Å²) in [5.41, 5.74) is 0. The number of aliphatic hydroxyl groups is 1. The SMILES string of the molecule is OCC1CCCN(c2cc(N3CCN(c4ncc(Cl)cc4Cl)CC3)ncn2)C1. The zero-order valence-electron chi connectivity index (χ0n) is 15.6. The molecule has 4 heterocycles. The van der Waals surface area contributed by atoms with E-state index in [4.69, 9.17) is 23.2 Å². The van der Waals surface area contributed by atoms with Gasteiger partial charge < -0.3 is 19.8 Å². The Labute approximate surface area is 174 Å². The Morgan fingerprint density at radius 1 is 0.929 bits per heavy atom. The zero-order valence-corrected chi connectivity index (χ0v) is 17.1. The molecule has 1 unspecified atom stereocenters. The number of pyridine rings is 1. The van der Waals surface area contributed by atoms with Gasteiger partial charge in [0.05, 0.1) is 10.0 Å². The van der Waals surface area contributed by atoms with Crippen LogP contribution >= 0.6 is 23.2 Å². The van der Waals surface area contributed by atoms with E-state index in [-0.39, 0.29) is 6.61 Å². The Morgan fingerprint density at radius 2 is 1.64 bits per heavy atom. The normalized spacial score (nSPS) is 20.5. The lowest BCUT2D eigenvalue weighted by atomic mass is 9.99. The van der Waals surface area contributed by atoms with Crippen LogP contribution in [0.25, 0.3) is 0 Å². The lowest BCUT2D eigenvalue weighted by Crippen LogP contribution is -2.47. The van der Waals surface area contributed by atoms with E-state index >= 15 is 0 Å². The predicted molar refractivity (Wildman–Crippen MR) is 113 cm³/mol. The maximum absolute atomic E-state index is 9.47. The van der Waals surface area contributed by atoms with Crippen molar-refractivity contribution in [3.8, 4) is 0 Å². The molecule has 150 valence electrons. The maximum Gasteiger partial charge on any atom is 0.147 e. The topological polar surface area (TPSA) is 68.6 Å². The lowest BCUT2D eigenvalue weighted by molar-refractivity contribution is 0.208. The van der Waals surface area contributed by atoms with E-state index in [0.29, 0.717) is 16.0 Å². The predicted octanol–water partition coefficient (Wildman–Crippen LogP) is 2.71. The van der Waals surface area contributed by atoms with Crippen molar-refractivity contribution in [2.24, 2.45) is 5.92 Å². The first-order chi connectivity index (χ1) is 13.6. The monoisotopic (exact) mass is 422 g/mol. The molecule has 0 saturated carbocycles. The average molecular weight is 423 g/mol. The van der Waals surface area contributed by atoms with Crippen LogP contribution < -0.4 is 14.7 Å². The lowest BCUT2D eigenvalue weighted by Gasteiger charge is -2.37. The van der Waals surface area contributed by atoms with Crippen LogP contribution in [-0.4, -0.2) is 65.9 Å². The molecule has 28 heavy (non-hydrogen) atoms. The number of piperazine rings is 1. The highest BCUT2D eigenvalue weighted by Gasteiger charge is 2.24. The van der Waals surface area contributed by atoms with E-state index in [1.54, 1.807) is 18.6 Å². The fourth-order valence-corrected chi connectivity index (χ4v) is 4.39. The molecule has 0 radical (unpaired) electrons. The Kier molecular flexibility index (Phi) is 6.04. The Balaban J connectivity index is 1.42. The summed E-state index contributed by atoms with van der Waals surface area (Å²) in [5.74, 6) is 2.98. The molecule has 1 N–H and O–H groups in total. The number of halogens is 2. The molecule has 2 aliphatic rings. The molecule has 2 aliphatic heterocycles. The average Bonchev–Trinajstić information content (AvgIpc) is 2.74. The highest BCUT2D eigenvalue weighted by Crippen LogP contribution is 2.28. The minimum Gasteiger partial charge on any atom is -0.396 e. The van der Waals surface area contributed by atoms with Crippen molar-refractivity contribution >= 4 is 40.7 Å². The minimum absolute atomic E-state index is 0.234. The minimum atomic E-state index is 0.234. The van der Waals surface area contributed by atoms with Gasteiger partial charge in [0.15, 0.2) is 0 Å². The van der Waals surface area contributed by atoms with E-state index in [1.165, 1.54) is 0 Å². The van der Waals surface area contributed by atoms with Gasteiger partial charge in [0.1, 0.15) is 23.8 Å². The second-order valence-electron chi connectivity index (χ2n) is 7.30. The number of aromatic nitrogens is 3. The van der Waals surface area contributed by atoms with Gasteiger partial charge in [0.25, 0.3) is 0 Å². The Hall–Kier alpha value is -1.83. The largest absolute Gasteiger partial charge is 0.396 e. The van der Waals surface area contributed by atoms with Crippen LogP contribution in [0, 0.1) is 5.92 Å². The number of rotatable bonds is 4. The van der Waals surface area contributed by atoms with Crippen molar-refractivity contribution in [2.75, 3.05) is 60.6 Å². The van der Waals surface area contributed by atoms with E-state index in [2.05, 4.69) is 35.7 Å². The van der Waals surface area contributed by atoms with Gasteiger partial charge in [-0.15, -0.1) is 0 Å². The first-order valence-corrected chi connectivity index (χ1v) is 10.4. The van der Waals surface area contributed by atoms with Crippen molar-refractivity contribution in [1.29, 1.82) is 0 Å². The number of piperidine rings is 1. The first-order valence-electron chi connectivity index (χ1n) is 9.63. The summed E-state index contributed by atoms with van der Waals surface area (Å²) in [6, 6.07) is 3.79. The van der Waals surface area contributed by atoms with E-state index in [9.17, 15) is 5.11 Å². The fraction of sp³-hybridized carbons (Fsp3) is 0.526. The first kappa shape index (κ1) is 19.5. The fourth-order valence-electron chi connectivity index (χ4n) is 3.89. The standard InChI is InChI=1S/C19H24Cl2N6O/c20-15-8-16(21)19(22-10-15)26-6-4-25(5-7-26)17-9-18(24-13-23-17)27-3-1-2-14(11-27)12-28/h8-10,13-14,28H,1-7,11-12H2. The van der Waals surface area contributed by atoms with Gasteiger partial charge in [-0.2, -0.15) is 0 Å². The molecule has 2 fully saturated rings. The molecular formula is C19H24Cl2N6O. The smallest absolute Gasteiger partial charge is 0.147 e. The number of nitrogens with zero attached hydrogens (tertiary/aromatic N) is 6. The summed E-state index contributed by atoms with van der Waals surface area (Å²) < 4.78 is 0. The summed E-state index contributed by atoms with van der Waals surface area (Å²) in [7, 11) is 0. The van der Waals surface area contributed by atoms with Crippen LogP contribution in [-0.2, 0) is 0 Å². The highest BCUT2D eigenvalue weighted by molar-refractivity contribution is 6.36. The van der Waals surface area contributed by atoms with Crippen LogP contribution in [0.4, 0.5) is 17.5 Å². The molecule has 9 heteroatoms. The summed E-state index contributed by atoms with van der Waals surface area (Å²) in [6.45, 7) is 5.33. The second kappa shape index (κ2) is 8.68. The second-order valence-corrected chi connectivity index (χ2v) is 8.15. The van der Waals surface area contributed by atoms with Crippen molar-refractivity contribution < 1.29 is 5.11 Å². The van der Waals surface area contributed by atoms with Gasteiger partial charge in [-0.3, -0.25) is 0 Å². The van der Waals surface area contributed by atoms with E-state index in [0.717, 1.165) is 69.6 Å². The molecule has 4 rings (SSSR count). The number of anilines is 3. The highest BCUT2D eigenvalue weighted by atomic mass is 35.5. The Morgan fingerprint density at radius 3 is 2.36 bits per heavy atom. The summed E-state index contributed by atoms with van der Waals surface area (Å²) in [5, 5.41) is 10.6. The van der Waals surface area contributed by atoms with Crippen molar-refractivity contribution in [2.45, 2.75) is 12.8 Å². The van der Waals surface area contributed by atoms with Crippen LogP contribution in [0.5, 0.6) is 0 Å². The van der Waals surface area contributed by atoms with Gasteiger partial charge in [-0.25, -0.2) is 15.0 Å². The quantitative estimate of drug-likeness (QED) is 0.811. The molecular weight excluding hydrogens is 399 g/mol. The van der Waals surface area contributed by atoms with Gasteiger partial charge in [0.2, 0.25) is 0 Å². The molecule has 7 nitrogen and oxygen atoms in total. The van der Waals surface area contributed by atoms with Gasteiger partial charge in [-0.1, -0.05) is 23.2 Å². The third-order valence-electron chi connectivity index (χ3n) is 5.43. The summed E-state index contributed by atoms with van der Waals surface area (Å²) in [6.07, 6.45) is 5.42. The molecule has 0 aromatic carbocycles. The van der Waals surface area contributed by atoms with Crippen LogP contribution in [0.2, 0.25) is 10.0 Å². The van der Waals surface area contributed by atoms with Crippen LogP contribution in [0.15, 0.2) is 24.7 Å². The molecule has 1 atom stereocenters. The van der Waals surface area contributed by atoms with Gasteiger partial charge in [-0.05, 0) is 24.8 Å². The maximum atomic E-state index is 9.47. The van der Waals surface area contributed by atoms with Crippen LogP contribution in [0.1, 0.15) is 12.8 Å². The van der Waals surface area contributed by atoms with Crippen molar-refractivity contribution in [1.82, 2.24) is 15.0 Å². The summed E-state index contributed by atoms with van der Waals surface area (Å²) >= 11 is 12.3. The zero-order chi connectivity index (χ0) is 19.5. The van der Waals surface area contributed by atoms with Gasteiger partial charge in [0, 0.05) is 58.1 Å². The molecule has 2 aromatic heterocycles. The van der Waals surface area contributed by atoms with Crippen molar-refractivity contribution in [3.63, 3.8) is 0 Å². The third kappa shape index (κ3) is 4.26. The Bertz CT molecular complexity index is 815. The molecule has 0 bridgehead atoms. The molecule has 2 aromatic rings. The number of hydrogen-bond acceptors (Lipinski definition) is 7. The van der Waals surface area contributed by atoms with Gasteiger partial charge >= 0.3 is 0 Å². The third-order valence-corrected chi connectivity index (χ3v) is 5.92.